The number of nitrogens with zero attached hydrogens (tertiary/aromatic N) is 2. The molecule has 0 heterocycles. The van der Waals surface area contributed by atoms with Crippen molar-refractivity contribution in [2.75, 3.05) is 0 Å². The SMILES string of the molecule is Cc1cccc(C)c1N=CC=Nc1c(C)cccc1C.[CH3][Po]. The first-order valence-electron chi connectivity index (χ1n) is 7.19. The van der Waals surface area contributed by atoms with E-state index in [-0.39, 0.29) is 0 Å². The number of para-hydroxylation sites is 2. The van der Waals surface area contributed by atoms with Crippen molar-refractivity contribution >= 4 is 48.9 Å². The summed E-state index contributed by atoms with van der Waals surface area (Å²) in [6.07, 6.45) is 3.53. The van der Waals surface area contributed by atoms with E-state index >= 15 is 0 Å². The van der Waals surface area contributed by atoms with Gasteiger partial charge in [-0.15, -0.1) is 0 Å². The summed E-state index contributed by atoms with van der Waals surface area (Å²) in [6, 6.07) is 12.4. The summed E-state index contributed by atoms with van der Waals surface area (Å²) in [4.78, 5) is 9.01. The first-order valence-corrected chi connectivity index (χ1v) is 10.4. The van der Waals surface area contributed by atoms with E-state index in [1.54, 1.807) is 37.5 Å². The van der Waals surface area contributed by atoms with Crippen LogP contribution >= 0.6 is 0 Å². The fourth-order valence-corrected chi connectivity index (χ4v) is 2.23. The molecule has 0 aliphatic rings. The monoisotopic (exact) mass is 488 g/mol. The molecule has 2 nitrogen and oxygen atoms in total. The van der Waals surface area contributed by atoms with E-state index in [1.165, 1.54) is 22.3 Å². The van der Waals surface area contributed by atoms with Gasteiger partial charge in [-0.25, -0.2) is 0 Å². The second kappa shape index (κ2) is 9.64. The second-order valence-electron chi connectivity index (χ2n) is 5.04. The molecular weight excluding hydrogens is 465 g/mol. The van der Waals surface area contributed by atoms with Crippen molar-refractivity contribution in [3.63, 3.8) is 0 Å². The fourth-order valence-electron chi connectivity index (χ4n) is 2.23. The summed E-state index contributed by atoms with van der Waals surface area (Å²) in [5.41, 5.74) is 6.79. The van der Waals surface area contributed by atoms with E-state index < -0.39 is 0 Å². The molecular formula is C19H23N2Po. The number of rotatable bonds is 3. The predicted molar refractivity (Wildman–Crippen MR) is 99.8 cm³/mol. The van der Waals surface area contributed by atoms with Crippen LogP contribution in [0, 0.1) is 27.7 Å². The summed E-state index contributed by atoms with van der Waals surface area (Å²) in [6.45, 7) is 8.29. The summed E-state index contributed by atoms with van der Waals surface area (Å²) < 4.78 is 2.08. The van der Waals surface area contributed by atoms with Crippen LogP contribution in [0.1, 0.15) is 22.3 Å². The van der Waals surface area contributed by atoms with Crippen LogP contribution in [0.15, 0.2) is 46.4 Å². The Morgan fingerprint density at radius 1 is 0.636 bits per heavy atom. The molecule has 0 bridgehead atoms. The van der Waals surface area contributed by atoms with Gasteiger partial charge in [0.2, 0.25) is 0 Å². The van der Waals surface area contributed by atoms with Gasteiger partial charge in [-0.05, 0) is 49.9 Å². The summed E-state index contributed by atoms with van der Waals surface area (Å²) in [7, 11) is 0. The van der Waals surface area contributed by atoms with E-state index in [0.717, 1.165) is 11.4 Å². The van der Waals surface area contributed by atoms with Crippen molar-refractivity contribution in [3.8, 4) is 0 Å². The Hall–Kier alpha value is -1.32. The van der Waals surface area contributed by atoms with Gasteiger partial charge >= 0.3 is 29.6 Å². The van der Waals surface area contributed by atoms with Crippen molar-refractivity contribution in [2.24, 2.45) is 9.98 Å². The molecule has 0 N–H and O–H groups in total. The minimum atomic E-state index is 1.03. The molecule has 0 aliphatic carbocycles. The molecule has 22 heavy (non-hydrogen) atoms. The number of aryl methyl sites for hydroxylation is 4. The maximum atomic E-state index is 4.51. The number of aliphatic imine (C=N–C) groups is 2. The van der Waals surface area contributed by atoms with E-state index in [2.05, 4.69) is 78.7 Å². The molecule has 0 fully saturated rings. The first kappa shape index (κ1) is 18.7. The zero-order valence-corrected chi connectivity index (χ0v) is 17.1. The molecule has 0 saturated heterocycles. The second-order valence-corrected chi connectivity index (χ2v) is 5.04. The van der Waals surface area contributed by atoms with Crippen LogP contribution in [0.5, 0.6) is 0 Å². The molecule has 1 radical (unpaired) electrons. The zero-order chi connectivity index (χ0) is 16.5. The number of hydrogen-bond acceptors (Lipinski definition) is 2. The summed E-state index contributed by atoms with van der Waals surface area (Å²) >= 11 is 1.58. The summed E-state index contributed by atoms with van der Waals surface area (Å²) in [5, 5.41) is 0. The quantitative estimate of drug-likeness (QED) is 0.529. The maximum absolute atomic E-state index is 4.51. The van der Waals surface area contributed by atoms with Gasteiger partial charge in [0.25, 0.3) is 0 Å². The third-order valence-electron chi connectivity index (χ3n) is 3.35. The Bertz CT molecular complexity index is 573. The fraction of sp³-hybridized carbons (Fsp3) is 0.263. The Labute approximate surface area is 149 Å². The average Bonchev–Trinajstić information content (AvgIpc) is 2.50. The van der Waals surface area contributed by atoms with E-state index in [4.69, 9.17) is 0 Å². The molecule has 0 aromatic heterocycles. The standard InChI is InChI=1S/C18H20N2.CH3.Po/c1-13-7-5-8-14(2)17(13)19-11-12-20-18-15(3)9-6-10-16(18)4;;/h5-12H,1-4H3;1H3;. The normalized spacial score (nSPS) is 10.8. The third kappa shape index (κ3) is 5.15. The van der Waals surface area contributed by atoms with Crippen molar-refractivity contribution in [3.05, 3.63) is 58.7 Å². The van der Waals surface area contributed by atoms with Gasteiger partial charge < -0.3 is 0 Å². The Kier molecular flexibility index (Phi) is 8.21. The first-order chi connectivity index (χ1) is 10.6. The Morgan fingerprint density at radius 2 is 0.909 bits per heavy atom. The number of benzene rings is 2. The molecule has 0 spiro atoms. The van der Waals surface area contributed by atoms with Gasteiger partial charge in [0.1, 0.15) is 0 Å². The van der Waals surface area contributed by atoms with Crippen molar-refractivity contribution < 1.29 is 0 Å². The molecule has 2 aromatic carbocycles. The van der Waals surface area contributed by atoms with Gasteiger partial charge in [-0.2, -0.15) is 0 Å². The molecule has 0 aliphatic heterocycles. The van der Waals surface area contributed by atoms with Gasteiger partial charge in [-0.3, -0.25) is 9.98 Å². The predicted octanol–water partition coefficient (Wildman–Crippen LogP) is 5.23. The van der Waals surface area contributed by atoms with Crippen molar-refractivity contribution in [2.45, 2.75) is 32.3 Å². The average molecular weight is 488 g/mol. The minimum absolute atomic E-state index is 1.03. The van der Waals surface area contributed by atoms with E-state index in [9.17, 15) is 0 Å². The molecule has 3 heteroatoms. The van der Waals surface area contributed by atoms with Gasteiger partial charge in [0, 0.05) is 12.4 Å². The third-order valence-corrected chi connectivity index (χ3v) is 3.35. The van der Waals surface area contributed by atoms with E-state index in [1.807, 2.05) is 0 Å². The van der Waals surface area contributed by atoms with Crippen molar-refractivity contribution in [1.82, 2.24) is 0 Å². The van der Waals surface area contributed by atoms with E-state index in [0.29, 0.717) is 0 Å². The van der Waals surface area contributed by atoms with Crippen LogP contribution in [-0.2, 0) is 0 Å². The molecule has 0 saturated carbocycles. The van der Waals surface area contributed by atoms with Crippen LogP contribution in [0.4, 0.5) is 11.4 Å². The Balaban J connectivity index is 0.00000116. The molecule has 2 aromatic rings. The van der Waals surface area contributed by atoms with Crippen LogP contribution in [-0.4, -0.2) is 37.5 Å². The molecule has 0 atom stereocenters. The van der Waals surface area contributed by atoms with Crippen molar-refractivity contribution in [1.29, 1.82) is 0 Å². The van der Waals surface area contributed by atoms with Gasteiger partial charge in [0.15, 0.2) is 0 Å². The molecule has 2 rings (SSSR count). The van der Waals surface area contributed by atoms with Gasteiger partial charge in [0.05, 0.1) is 11.4 Å². The van der Waals surface area contributed by atoms with Crippen LogP contribution in [0.25, 0.3) is 0 Å². The van der Waals surface area contributed by atoms with Crippen LogP contribution in [0.3, 0.4) is 0 Å². The number of hydrogen-bond donors (Lipinski definition) is 0. The summed E-state index contributed by atoms with van der Waals surface area (Å²) in [5.74, 6) is 0. The molecule has 115 valence electrons. The zero-order valence-electron chi connectivity index (χ0n) is 13.9. The van der Waals surface area contributed by atoms with Crippen LogP contribution < -0.4 is 0 Å². The molecule has 0 unspecified atom stereocenters. The topological polar surface area (TPSA) is 24.7 Å². The molecule has 0 amide bonds. The Morgan fingerprint density at radius 3 is 1.18 bits per heavy atom. The van der Waals surface area contributed by atoms with Crippen LogP contribution in [0.2, 0.25) is 4.58 Å². The van der Waals surface area contributed by atoms with Gasteiger partial charge in [-0.1, -0.05) is 36.4 Å².